The van der Waals surface area contributed by atoms with Gasteiger partial charge in [0.15, 0.2) is 11.5 Å². The second-order valence-corrected chi connectivity index (χ2v) is 7.97. The number of fused-ring (bicyclic) bond motifs is 1. The molecule has 1 N–H and O–H groups in total. The molecule has 0 radical (unpaired) electrons. The summed E-state index contributed by atoms with van der Waals surface area (Å²) in [5.74, 6) is 0.509. The van der Waals surface area contributed by atoms with E-state index in [9.17, 15) is 13.2 Å². The molecule has 1 aliphatic heterocycles. The normalized spacial score (nSPS) is 13.1. The molecule has 0 unspecified atom stereocenters. The molecule has 0 bridgehead atoms. The van der Waals surface area contributed by atoms with Crippen molar-refractivity contribution < 1.29 is 22.7 Å². The van der Waals surface area contributed by atoms with Crippen LogP contribution in [0, 0.1) is 6.92 Å². The highest BCUT2D eigenvalue weighted by Crippen LogP contribution is 2.34. The number of aryl methyl sites for hydroxylation is 1. The summed E-state index contributed by atoms with van der Waals surface area (Å²) in [7, 11) is -3.98. The van der Waals surface area contributed by atoms with Crippen molar-refractivity contribution in [1.82, 2.24) is 5.32 Å². The number of ether oxygens (including phenoxy) is 2. The quantitative estimate of drug-likeness (QED) is 0.816. The van der Waals surface area contributed by atoms with Crippen molar-refractivity contribution in [3.8, 4) is 11.5 Å². The highest BCUT2D eigenvalue weighted by atomic mass is 32.2. The first kappa shape index (κ1) is 19.0. The number of rotatable bonds is 6. The minimum Gasteiger partial charge on any atom is -0.486 e. The van der Waals surface area contributed by atoms with Gasteiger partial charge in [0.1, 0.15) is 19.8 Å². The van der Waals surface area contributed by atoms with Crippen LogP contribution in [0.4, 0.5) is 5.69 Å². The molecule has 7 nitrogen and oxygen atoms in total. The summed E-state index contributed by atoms with van der Waals surface area (Å²) >= 11 is 0. The lowest BCUT2D eigenvalue weighted by Gasteiger charge is -2.25. The molecule has 144 valence electrons. The van der Waals surface area contributed by atoms with Crippen molar-refractivity contribution >= 4 is 21.6 Å². The number of amides is 1. The maximum atomic E-state index is 13.3. The van der Waals surface area contributed by atoms with Gasteiger partial charge in [0.2, 0.25) is 5.91 Å². The third-order valence-electron chi connectivity index (χ3n) is 4.08. The van der Waals surface area contributed by atoms with Crippen LogP contribution < -0.4 is 19.1 Å². The molecule has 0 aliphatic carbocycles. The standard InChI is InChI=1S/C19H22N2O5S/c1-3-20-19(22)13-21(15-6-4-14(2)5-7-15)27(23,24)16-8-9-17-18(12-16)26-11-10-25-17/h4-9,12H,3,10-11,13H2,1-2H3,(H,20,22). The van der Waals surface area contributed by atoms with Gasteiger partial charge in [-0.1, -0.05) is 17.7 Å². The van der Waals surface area contributed by atoms with Gasteiger partial charge in [-0.05, 0) is 38.1 Å². The summed E-state index contributed by atoms with van der Waals surface area (Å²) in [6.45, 7) is 4.58. The Balaban J connectivity index is 2.01. The number of hydrogen-bond donors (Lipinski definition) is 1. The van der Waals surface area contributed by atoms with Gasteiger partial charge in [-0.2, -0.15) is 0 Å². The third kappa shape index (κ3) is 4.16. The van der Waals surface area contributed by atoms with Crippen LogP contribution in [0.25, 0.3) is 0 Å². The van der Waals surface area contributed by atoms with Crippen LogP contribution in [0.1, 0.15) is 12.5 Å². The molecular formula is C19H22N2O5S. The summed E-state index contributed by atoms with van der Waals surface area (Å²) in [5.41, 5.74) is 1.41. The Hall–Kier alpha value is -2.74. The van der Waals surface area contributed by atoms with E-state index in [0.29, 0.717) is 36.9 Å². The molecule has 27 heavy (non-hydrogen) atoms. The van der Waals surface area contributed by atoms with E-state index >= 15 is 0 Å². The minimum absolute atomic E-state index is 0.0385. The van der Waals surface area contributed by atoms with Crippen molar-refractivity contribution in [2.45, 2.75) is 18.7 Å². The van der Waals surface area contributed by atoms with Crippen molar-refractivity contribution in [3.63, 3.8) is 0 Å². The summed E-state index contributed by atoms with van der Waals surface area (Å²) in [4.78, 5) is 12.2. The van der Waals surface area contributed by atoms with Crippen LogP contribution in [-0.4, -0.2) is 40.6 Å². The Kier molecular flexibility index (Phi) is 5.55. The Bertz CT molecular complexity index is 926. The molecule has 0 fully saturated rings. The average molecular weight is 390 g/mol. The van der Waals surface area contributed by atoms with E-state index < -0.39 is 10.0 Å². The second kappa shape index (κ2) is 7.87. The maximum Gasteiger partial charge on any atom is 0.264 e. The van der Waals surface area contributed by atoms with Crippen LogP contribution >= 0.6 is 0 Å². The first-order valence-electron chi connectivity index (χ1n) is 8.67. The van der Waals surface area contributed by atoms with E-state index in [1.54, 1.807) is 37.3 Å². The SMILES string of the molecule is CCNC(=O)CN(c1ccc(C)cc1)S(=O)(=O)c1ccc2c(c1)OCCO2. The van der Waals surface area contributed by atoms with Gasteiger partial charge in [-0.3, -0.25) is 9.10 Å². The van der Waals surface area contributed by atoms with Crippen LogP contribution in [-0.2, 0) is 14.8 Å². The highest BCUT2D eigenvalue weighted by molar-refractivity contribution is 7.92. The van der Waals surface area contributed by atoms with Crippen molar-refractivity contribution in [2.75, 3.05) is 30.6 Å². The van der Waals surface area contributed by atoms with E-state index in [2.05, 4.69) is 5.32 Å². The largest absolute Gasteiger partial charge is 0.486 e. The number of benzene rings is 2. The fourth-order valence-electron chi connectivity index (χ4n) is 2.72. The van der Waals surface area contributed by atoms with Crippen LogP contribution in [0.3, 0.4) is 0 Å². The smallest absolute Gasteiger partial charge is 0.264 e. The number of likely N-dealkylation sites (N-methyl/N-ethyl adjacent to an activating group) is 1. The Morgan fingerprint density at radius 3 is 2.41 bits per heavy atom. The number of hydrogen-bond acceptors (Lipinski definition) is 5. The average Bonchev–Trinajstić information content (AvgIpc) is 2.66. The molecule has 0 saturated carbocycles. The first-order chi connectivity index (χ1) is 12.9. The lowest BCUT2D eigenvalue weighted by molar-refractivity contribution is -0.119. The van der Waals surface area contributed by atoms with E-state index in [1.165, 1.54) is 12.1 Å². The zero-order chi connectivity index (χ0) is 19.4. The van der Waals surface area contributed by atoms with Crippen LogP contribution in [0.15, 0.2) is 47.4 Å². The number of nitrogens with one attached hydrogen (secondary N) is 1. The summed E-state index contributed by atoms with van der Waals surface area (Å²) < 4.78 is 38.6. The van der Waals surface area contributed by atoms with Gasteiger partial charge in [-0.25, -0.2) is 8.42 Å². The number of nitrogens with zero attached hydrogens (tertiary/aromatic N) is 1. The van der Waals surface area contributed by atoms with Gasteiger partial charge in [-0.15, -0.1) is 0 Å². The minimum atomic E-state index is -3.98. The van der Waals surface area contributed by atoms with Crippen molar-refractivity contribution in [1.29, 1.82) is 0 Å². The van der Waals surface area contributed by atoms with Crippen LogP contribution in [0.2, 0.25) is 0 Å². The Morgan fingerprint density at radius 1 is 1.07 bits per heavy atom. The Morgan fingerprint density at radius 2 is 1.74 bits per heavy atom. The molecule has 1 aliphatic rings. The molecular weight excluding hydrogens is 368 g/mol. The van der Waals surface area contributed by atoms with Gasteiger partial charge in [0.05, 0.1) is 10.6 Å². The van der Waals surface area contributed by atoms with E-state index in [1.807, 2.05) is 6.92 Å². The number of sulfonamides is 1. The van der Waals surface area contributed by atoms with E-state index in [0.717, 1.165) is 9.87 Å². The third-order valence-corrected chi connectivity index (χ3v) is 5.85. The molecule has 8 heteroatoms. The summed E-state index contributed by atoms with van der Waals surface area (Å²) in [6, 6.07) is 11.4. The van der Waals surface area contributed by atoms with Crippen molar-refractivity contribution in [3.05, 3.63) is 48.0 Å². The fraction of sp³-hybridized carbons (Fsp3) is 0.316. The molecule has 2 aromatic rings. The maximum absolute atomic E-state index is 13.3. The van der Waals surface area contributed by atoms with Gasteiger partial charge in [0.25, 0.3) is 10.0 Å². The van der Waals surface area contributed by atoms with E-state index in [-0.39, 0.29) is 17.3 Å². The zero-order valence-corrected chi connectivity index (χ0v) is 16.1. The number of carbonyl (C=O) groups excluding carboxylic acids is 1. The predicted octanol–water partition coefficient (Wildman–Crippen LogP) is 2.10. The van der Waals surface area contributed by atoms with Crippen molar-refractivity contribution in [2.24, 2.45) is 0 Å². The second-order valence-electron chi connectivity index (χ2n) is 6.11. The molecule has 0 aromatic heterocycles. The highest BCUT2D eigenvalue weighted by Gasteiger charge is 2.28. The van der Waals surface area contributed by atoms with E-state index in [4.69, 9.17) is 9.47 Å². The molecule has 3 rings (SSSR count). The number of carbonyl (C=O) groups is 1. The fourth-order valence-corrected chi connectivity index (χ4v) is 4.16. The van der Waals surface area contributed by atoms with Gasteiger partial charge < -0.3 is 14.8 Å². The Labute approximate surface area is 158 Å². The lowest BCUT2D eigenvalue weighted by atomic mass is 10.2. The molecule has 1 amide bonds. The summed E-state index contributed by atoms with van der Waals surface area (Å²) in [5, 5.41) is 2.64. The monoisotopic (exact) mass is 390 g/mol. The molecule has 2 aromatic carbocycles. The first-order valence-corrected chi connectivity index (χ1v) is 10.1. The molecule has 0 atom stereocenters. The topological polar surface area (TPSA) is 84.9 Å². The lowest BCUT2D eigenvalue weighted by Crippen LogP contribution is -2.40. The zero-order valence-electron chi connectivity index (χ0n) is 15.3. The molecule has 0 spiro atoms. The van der Waals surface area contributed by atoms with Gasteiger partial charge in [0, 0.05) is 12.6 Å². The van der Waals surface area contributed by atoms with Gasteiger partial charge >= 0.3 is 0 Å². The summed E-state index contributed by atoms with van der Waals surface area (Å²) in [6.07, 6.45) is 0. The number of anilines is 1. The predicted molar refractivity (Wildman–Crippen MR) is 102 cm³/mol. The van der Waals surface area contributed by atoms with Crippen LogP contribution in [0.5, 0.6) is 11.5 Å². The molecule has 1 heterocycles. The molecule has 0 saturated heterocycles.